The molecule has 0 saturated heterocycles. The Bertz CT molecular complexity index is 537. The molecule has 94 valence electrons. The number of amides is 1. The van der Waals surface area contributed by atoms with Crippen molar-refractivity contribution in [3.05, 3.63) is 34.2 Å². The fourth-order valence-corrected chi connectivity index (χ4v) is 1.94. The van der Waals surface area contributed by atoms with Gasteiger partial charge in [-0.3, -0.25) is 4.79 Å². The van der Waals surface area contributed by atoms with Crippen LogP contribution in [-0.4, -0.2) is 27.9 Å². The van der Waals surface area contributed by atoms with Crippen LogP contribution < -0.4 is 10.6 Å². The summed E-state index contributed by atoms with van der Waals surface area (Å²) in [5, 5.41) is 8.49. The average molecular weight is 263 g/mol. The Kier molecular flexibility index (Phi) is 3.83. The summed E-state index contributed by atoms with van der Waals surface area (Å²) in [7, 11) is 1.74. The molecule has 7 heteroatoms. The summed E-state index contributed by atoms with van der Waals surface area (Å²) < 4.78 is 0. The molecule has 0 atom stereocenters. The normalized spacial score (nSPS) is 10.1. The highest BCUT2D eigenvalue weighted by Gasteiger charge is 2.08. The number of carbonyl (C=O) groups is 1. The molecule has 1 amide bonds. The van der Waals surface area contributed by atoms with E-state index in [1.165, 1.54) is 12.4 Å². The summed E-state index contributed by atoms with van der Waals surface area (Å²) in [5.74, 6) is 0.373. The first-order valence-corrected chi connectivity index (χ1v) is 6.26. The minimum absolute atomic E-state index is 0.254. The predicted octanol–water partition coefficient (Wildman–Crippen LogP) is 1.21. The van der Waals surface area contributed by atoms with Crippen molar-refractivity contribution in [2.75, 3.05) is 12.4 Å². The summed E-state index contributed by atoms with van der Waals surface area (Å²) in [6.07, 6.45) is 2.95. The van der Waals surface area contributed by atoms with Gasteiger partial charge in [0, 0.05) is 12.4 Å². The summed E-state index contributed by atoms with van der Waals surface area (Å²) in [6, 6.07) is 0. The molecule has 2 aromatic heterocycles. The third-order valence-corrected chi connectivity index (χ3v) is 3.06. The molecule has 0 fully saturated rings. The maximum Gasteiger partial charge on any atom is 0.271 e. The van der Waals surface area contributed by atoms with Crippen molar-refractivity contribution in [1.29, 1.82) is 0 Å². The molecular formula is C11H13N5OS. The van der Waals surface area contributed by atoms with Crippen LogP contribution in [0.25, 0.3) is 0 Å². The van der Waals surface area contributed by atoms with Crippen molar-refractivity contribution >= 4 is 23.1 Å². The Labute approximate surface area is 109 Å². The molecule has 2 rings (SSSR count). The van der Waals surface area contributed by atoms with Crippen LogP contribution in [0, 0.1) is 6.92 Å². The number of anilines is 1. The standard InChI is InChI=1S/C11H13N5OS/c1-7-16-8(6-18-7)3-15-11(17)9-4-14-10(12-2)5-13-9/h4-6H,3H2,1-2H3,(H,12,14)(H,15,17). The van der Waals surface area contributed by atoms with E-state index >= 15 is 0 Å². The number of hydrogen-bond acceptors (Lipinski definition) is 6. The molecule has 0 aliphatic heterocycles. The fraction of sp³-hybridized carbons (Fsp3) is 0.273. The maximum atomic E-state index is 11.8. The molecule has 2 N–H and O–H groups in total. The Hall–Kier alpha value is -2.02. The van der Waals surface area contributed by atoms with Crippen molar-refractivity contribution in [1.82, 2.24) is 20.3 Å². The van der Waals surface area contributed by atoms with Crippen LogP contribution in [0.1, 0.15) is 21.2 Å². The Morgan fingerprint density at radius 2 is 2.22 bits per heavy atom. The van der Waals surface area contributed by atoms with Crippen LogP contribution in [-0.2, 0) is 6.54 Å². The molecular weight excluding hydrogens is 250 g/mol. The van der Waals surface area contributed by atoms with Gasteiger partial charge in [-0.05, 0) is 6.92 Å². The number of aromatic nitrogens is 3. The molecule has 0 saturated carbocycles. The van der Waals surface area contributed by atoms with E-state index in [1.54, 1.807) is 18.4 Å². The fourth-order valence-electron chi connectivity index (χ4n) is 1.33. The number of rotatable bonds is 4. The zero-order valence-electron chi connectivity index (χ0n) is 10.1. The van der Waals surface area contributed by atoms with Crippen molar-refractivity contribution in [2.45, 2.75) is 13.5 Å². The van der Waals surface area contributed by atoms with Crippen molar-refractivity contribution < 1.29 is 4.79 Å². The molecule has 0 radical (unpaired) electrons. The Balaban J connectivity index is 1.94. The van der Waals surface area contributed by atoms with Crippen molar-refractivity contribution in [3.8, 4) is 0 Å². The van der Waals surface area contributed by atoms with E-state index < -0.39 is 0 Å². The molecule has 0 spiro atoms. The first kappa shape index (κ1) is 12.4. The number of carbonyl (C=O) groups excluding carboxylic acids is 1. The van der Waals surface area contributed by atoms with Crippen molar-refractivity contribution in [3.63, 3.8) is 0 Å². The second-order valence-corrected chi connectivity index (χ2v) is 4.64. The number of thiazole rings is 1. The third-order valence-electron chi connectivity index (χ3n) is 2.24. The van der Waals surface area contributed by atoms with Gasteiger partial charge in [0.15, 0.2) is 0 Å². The lowest BCUT2D eigenvalue weighted by Gasteiger charge is -2.03. The van der Waals surface area contributed by atoms with Crippen LogP contribution in [0.4, 0.5) is 5.82 Å². The van der Waals surface area contributed by atoms with Crippen LogP contribution >= 0.6 is 11.3 Å². The number of nitrogens with zero attached hydrogens (tertiary/aromatic N) is 3. The zero-order chi connectivity index (χ0) is 13.0. The van der Waals surface area contributed by atoms with Gasteiger partial charge in [0.1, 0.15) is 11.5 Å². The monoisotopic (exact) mass is 263 g/mol. The largest absolute Gasteiger partial charge is 0.372 e. The average Bonchev–Trinajstić information content (AvgIpc) is 2.82. The predicted molar refractivity (Wildman–Crippen MR) is 69.6 cm³/mol. The third kappa shape index (κ3) is 3.01. The molecule has 0 aromatic carbocycles. The summed E-state index contributed by atoms with van der Waals surface area (Å²) in [5.41, 5.74) is 1.15. The van der Waals surface area contributed by atoms with Gasteiger partial charge in [-0.15, -0.1) is 11.3 Å². The van der Waals surface area contributed by atoms with Gasteiger partial charge in [-0.25, -0.2) is 15.0 Å². The lowest BCUT2D eigenvalue weighted by atomic mass is 10.4. The van der Waals surface area contributed by atoms with Gasteiger partial charge in [-0.2, -0.15) is 0 Å². The van der Waals surface area contributed by atoms with Crippen LogP contribution in [0.5, 0.6) is 0 Å². The van der Waals surface area contributed by atoms with Crippen LogP contribution in [0.3, 0.4) is 0 Å². The lowest BCUT2D eigenvalue weighted by molar-refractivity contribution is 0.0945. The molecule has 18 heavy (non-hydrogen) atoms. The van der Waals surface area contributed by atoms with Gasteiger partial charge in [0.05, 0.1) is 29.6 Å². The molecule has 2 heterocycles. The van der Waals surface area contributed by atoms with Gasteiger partial charge in [0.2, 0.25) is 0 Å². The van der Waals surface area contributed by atoms with E-state index in [0.29, 0.717) is 18.1 Å². The van der Waals surface area contributed by atoms with Gasteiger partial charge >= 0.3 is 0 Å². The topological polar surface area (TPSA) is 79.8 Å². The molecule has 0 unspecified atom stereocenters. The highest BCUT2D eigenvalue weighted by molar-refractivity contribution is 7.09. The first-order valence-electron chi connectivity index (χ1n) is 5.38. The van der Waals surface area contributed by atoms with E-state index in [4.69, 9.17) is 0 Å². The second kappa shape index (κ2) is 5.54. The summed E-state index contributed by atoms with van der Waals surface area (Å²) in [4.78, 5) is 24.1. The number of nitrogens with one attached hydrogen (secondary N) is 2. The van der Waals surface area contributed by atoms with E-state index in [-0.39, 0.29) is 5.91 Å². The zero-order valence-corrected chi connectivity index (χ0v) is 10.9. The SMILES string of the molecule is CNc1cnc(C(=O)NCc2csc(C)n2)cn1. The van der Waals surface area contributed by atoms with Crippen molar-refractivity contribution in [2.24, 2.45) is 0 Å². The van der Waals surface area contributed by atoms with E-state index in [9.17, 15) is 4.79 Å². The quantitative estimate of drug-likeness (QED) is 0.866. The Morgan fingerprint density at radius 3 is 2.78 bits per heavy atom. The maximum absolute atomic E-state index is 11.8. The molecule has 0 bridgehead atoms. The molecule has 0 aliphatic carbocycles. The van der Waals surface area contributed by atoms with Gasteiger partial charge < -0.3 is 10.6 Å². The molecule has 6 nitrogen and oxygen atoms in total. The number of aryl methyl sites for hydroxylation is 1. The second-order valence-electron chi connectivity index (χ2n) is 3.58. The summed E-state index contributed by atoms with van der Waals surface area (Å²) >= 11 is 1.56. The highest BCUT2D eigenvalue weighted by atomic mass is 32.1. The Morgan fingerprint density at radius 1 is 1.39 bits per heavy atom. The number of hydrogen-bond donors (Lipinski definition) is 2. The van der Waals surface area contributed by atoms with Gasteiger partial charge in [-0.1, -0.05) is 0 Å². The minimum atomic E-state index is -0.254. The summed E-state index contributed by atoms with van der Waals surface area (Å²) in [6.45, 7) is 2.33. The van der Waals surface area contributed by atoms with E-state index in [1.807, 2.05) is 12.3 Å². The van der Waals surface area contributed by atoms with Gasteiger partial charge in [0.25, 0.3) is 5.91 Å². The van der Waals surface area contributed by atoms with Crippen LogP contribution in [0.2, 0.25) is 0 Å². The minimum Gasteiger partial charge on any atom is -0.372 e. The van der Waals surface area contributed by atoms with Crippen LogP contribution in [0.15, 0.2) is 17.8 Å². The lowest BCUT2D eigenvalue weighted by Crippen LogP contribution is -2.24. The first-order chi connectivity index (χ1) is 8.69. The highest BCUT2D eigenvalue weighted by Crippen LogP contribution is 2.07. The molecule has 0 aliphatic rings. The van der Waals surface area contributed by atoms with E-state index in [0.717, 1.165) is 10.7 Å². The van der Waals surface area contributed by atoms with E-state index in [2.05, 4.69) is 25.6 Å². The smallest absolute Gasteiger partial charge is 0.271 e. The molecule has 2 aromatic rings.